The Bertz CT molecular complexity index is 388. The van der Waals surface area contributed by atoms with Gasteiger partial charge in [0.2, 0.25) is 5.91 Å². The van der Waals surface area contributed by atoms with Crippen molar-refractivity contribution >= 4 is 5.91 Å². The van der Waals surface area contributed by atoms with Gasteiger partial charge in [-0.15, -0.1) is 0 Å². The molecular weight excluding hydrogens is 228 g/mol. The topological polar surface area (TPSA) is 72.9 Å². The highest BCUT2D eigenvalue weighted by Gasteiger charge is 2.29. The molecule has 0 spiro atoms. The average molecular weight is 252 g/mol. The highest BCUT2D eigenvalue weighted by molar-refractivity contribution is 5.84. The Balaban J connectivity index is 2.47. The lowest BCUT2D eigenvalue weighted by Gasteiger charge is -2.27. The molecule has 1 aromatic heterocycles. The summed E-state index contributed by atoms with van der Waals surface area (Å²) in [6.07, 6.45) is 4.37. The smallest absolute Gasteiger partial charge is 0.237 e. The number of carbonyl (C=O) groups is 1. The third-order valence-corrected chi connectivity index (χ3v) is 3.28. The molecule has 0 aromatic carbocycles. The van der Waals surface area contributed by atoms with E-state index in [2.05, 4.69) is 17.3 Å². The van der Waals surface area contributed by atoms with Crippen LogP contribution in [0.15, 0.2) is 12.3 Å². The standard InChI is InChI=1S/C13H24N4O/c1-4-8-15-13(3,12(14)18)7-5-10-17-11(2)6-9-16-17/h6,9,15H,4-5,7-8,10H2,1-3H3,(H2,14,18). The van der Waals surface area contributed by atoms with Crippen molar-refractivity contribution in [2.24, 2.45) is 5.73 Å². The molecule has 0 saturated carbocycles. The van der Waals surface area contributed by atoms with Gasteiger partial charge in [-0.25, -0.2) is 0 Å². The first kappa shape index (κ1) is 14.7. The molecular formula is C13H24N4O. The van der Waals surface area contributed by atoms with E-state index < -0.39 is 5.54 Å². The summed E-state index contributed by atoms with van der Waals surface area (Å²) in [5.74, 6) is -0.284. The summed E-state index contributed by atoms with van der Waals surface area (Å²) in [6, 6.07) is 1.97. The Morgan fingerprint density at radius 2 is 2.33 bits per heavy atom. The molecule has 1 rings (SSSR count). The maximum Gasteiger partial charge on any atom is 0.237 e. The van der Waals surface area contributed by atoms with Gasteiger partial charge in [0.05, 0.1) is 5.54 Å². The molecule has 0 bridgehead atoms. The maximum absolute atomic E-state index is 11.5. The lowest BCUT2D eigenvalue weighted by Crippen LogP contribution is -2.53. The number of amides is 1. The van der Waals surface area contributed by atoms with Crippen molar-refractivity contribution in [2.45, 2.75) is 52.1 Å². The van der Waals surface area contributed by atoms with Gasteiger partial charge in [0.15, 0.2) is 0 Å². The van der Waals surface area contributed by atoms with E-state index in [-0.39, 0.29) is 5.91 Å². The molecule has 1 aromatic rings. The maximum atomic E-state index is 11.5. The van der Waals surface area contributed by atoms with Gasteiger partial charge >= 0.3 is 0 Å². The zero-order chi connectivity index (χ0) is 13.6. The number of hydrogen-bond acceptors (Lipinski definition) is 3. The minimum atomic E-state index is -0.614. The molecule has 0 fully saturated rings. The van der Waals surface area contributed by atoms with E-state index in [0.29, 0.717) is 0 Å². The second-order valence-corrected chi connectivity index (χ2v) is 4.92. The Labute approximate surface area is 109 Å². The van der Waals surface area contributed by atoms with Crippen LogP contribution in [-0.2, 0) is 11.3 Å². The van der Waals surface area contributed by atoms with E-state index in [4.69, 9.17) is 5.73 Å². The van der Waals surface area contributed by atoms with Gasteiger partial charge in [-0.1, -0.05) is 6.92 Å². The summed E-state index contributed by atoms with van der Waals surface area (Å²) in [6.45, 7) is 7.59. The average Bonchev–Trinajstić information content (AvgIpc) is 2.72. The van der Waals surface area contributed by atoms with Crippen molar-refractivity contribution in [3.05, 3.63) is 18.0 Å². The van der Waals surface area contributed by atoms with Crippen LogP contribution in [0.4, 0.5) is 0 Å². The van der Waals surface area contributed by atoms with Crippen molar-refractivity contribution in [3.8, 4) is 0 Å². The summed E-state index contributed by atoms with van der Waals surface area (Å²) in [4.78, 5) is 11.5. The summed E-state index contributed by atoms with van der Waals surface area (Å²) in [5, 5.41) is 7.46. The summed E-state index contributed by atoms with van der Waals surface area (Å²) in [5.41, 5.74) is 6.00. The number of aromatic nitrogens is 2. The minimum Gasteiger partial charge on any atom is -0.368 e. The number of nitrogens with zero attached hydrogens (tertiary/aromatic N) is 2. The predicted octanol–water partition coefficient (Wildman–Crippen LogP) is 1.22. The normalized spacial score (nSPS) is 14.4. The number of nitrogens with two attached hydrogens (primary N) is 1. The van der Waals surface area contributed by atoms with Crippen LogP contribution < -0.4 is 11.1 Å². The zero-order valence-corrected chi connectivity index (χ0v) is 11.6. The minimum absolute atomic E-state index is 0.284. The molecule has 18 heavy (non-hydrogen) atoms. The lowest BCUT2D eigenvalue weighted by atomic mass is 9.94. The third kappa shape index (κ3) is 3.84. The third-order valence-electron chi connectivity index (χ3n) is 3.28. The number of rotatable bonds is 8. The van der Waals surface area contributed by atoms with Crippen molar-refractivity contribution < 1.29 is 4.79 Å². The van der Waals surface area contributed by atoms with E-state index in [1.807, 2.05) is 24.6 Å². The first-order chi connectivity index (χ1) is 8.49. The molecule has 1 heterocycles. The van der Waals surface area contributed by atoms with Crippen molar-refractivity contribution in [1.82, 2.24) is 15.1 Å². The number of nitrogens with one attached hydrogen (secondary N) is 1. The Morgan fingerprint density at radius 3 is 2.83 bits per heavy atom. The largest absolute Gasteiger partial charge is 0.368 e. The number of aryl methyl sites for hydroxylation is 2. The molecule has 102 valence electrons. The molecule has 3 N–H and O–H groups in total. The summed E-state index contributed by atoms with van der Waals surface area (Å²) < 4.78 is 1.95. The van der Waals surface area contributed by atoms with Crippen LogP contribution in [0.2, 0.25) is 0 Å². The molecule has 1 unspecified atom stereocenters. The molecule has 0 aliphatic heterocycles. The first-order valence-corrected chi connectivity index (χ1v) is 6.53. The summed E-state index contributed by atoms with van der Waals surface area (Å²) in [7, 11) is 0. The first-order valence-electron chi connectivity index (χ1n) is 6.53. The highest BCUT2D eigenvalue weighted by Crippen LogP contribution is 2.13. The quantitative estimate of drug-likeness (QED) is 0.730. The Hall–Kier alpha value is -1.36. The summed E-state index contributed by atoms with van der Waals surface area (Å²) >= 11 is 0. The predicted molar refractivity (Wildman–Crippen MR) is 72.1 cm³/mol. The fourth-order valence-electron chi connectivity index (χ4n) is 1.91. The molecule has 0 aliphatic carbocycles. The van der Waals surface area contributed by atoms with E-state index in [1.54, 1.807) is 6.20 Å². The van der Waals surface area contributed by atoms with E-state index in [1.165, 1.54) is 0 Å². The van der Waals surface area contributed by atoms with Crippen LogP contribution >= 0.6 is 0 Å². The van der Waals surface area contributed by atoms with Crippen LogP contribution in [0, 0.1) is 6.92 Å². The zero-order valence-electron chi connectivity index (χ0n) is 11.6. The molecule has 0 aliphatic rings. The lowest BCUT2D eigenvalue weighted by molar-refractivity contribution is -0.124. The monoisotopic (exact) mass is 252 g/mol. The van der Waals surface area contributed by atoms with Crippen molar-refractivity contribution in [3.63, 3.8) is 0 Å². The fraction of sp³-hybridized carbons (Fsp3) is 0.692. The Kier molecular flexibility index (Phi) is 5.34. The van der Waals surface area contributed by atoms with Gasteiger partial charge in [-0.2, -0.15) is 5.10 Å². The van der Waals surface area contributed by atoms with Gasteiger partial charge in [0.1, 0.15) is 0 Å². The number of primary amides is 1. The van der Waals surface area contributed by atoms with Crippen LogP contribution in [0.5, 0.6) is 0 Å². The second kappa shape index (κ2) is 6.54. The fourth-order valence-corrected chi connectivity index (χ4v) is 1.91. The molecule has 1 atom stereocenters. The molecule has 0 saturated heterocycles. The van der Waals surface area contributed by atoms with Crippen LogP contribution in [0.3, 0.4) is 0 Å². The van der Waals surface area contributed by atoms with Gasteiger partial charge in [0.25, 0.3) is 0 Å². The SMILES string of the molecule is CCCNC(C)(CCCn1nccc1C)C(N)=O. The number of carbonyl (C=O) groups excluding carboxylic acids is 1. The van der Waals surface area contributed by atoms with Gasteiger partial charge in [-0.05, 0) is 45.7 Å². The van der Waals surface area contributed by atoms with Crippen LogP contribution in [-0.4, -0.2) is 27.8 Å². The highest BCUT2D eigenvalue weighted by atomic mass is 16.1. The van der Waals surface area contributed by atoms with Gasteiger partial charge in [0, 0.05) is 18.4 Å². The molecule has 1 amide bonds. The molecule has 0 radical (unpaired) electrons. The van der Waals surface area contributed by atoms with E-state index in [9.17, 15) is 4.79 Å². The van der Waals surface area contributed by atoms with Crippen LogP contribution in [0.25, 0.3) is 0 Å². The van der Waals surface area contributed by atoms with Gasteiger partial charge in [-0.3, -0.25) is 9.48 Å². The van der Waals surface area contributed by atoms with Crippen molar-refractivity contribution in [2.75, 3.05) is 6.54 Å². The van der Waals surface area contributed by atoms with E-state index >= 15 is 0 Å². The van der Waals surface area contributed by atoms with Gasteiger partial charge < -0.3 is 11.1 Å². The Morgan fingerprint density at radius 1 is 1.61 bits per heavy atom. The second-order valence-electron chi connectivity index (χ2n) is 4.92. The number of hydrogen-bond donors (Lipinski definition) is 2. The molecule has 5 heteroatoms. The van der Waals surface area contributed by atoms with E-state index in [0.717, 1.165) is 38.0 Å². The van der Waals surface area contributed by atoms with Crippen LogP contribution in [0.1, 0.15) is 38.8 Å². The molecule has 5 nitrogen and oxygen atoms in total. The van der Waals surface area contributed by atoms with Crippen molar-refractivity contribution in [1.29, 1.82) is 0 Å².